The van der Waals surface area contributed by atoms with Crippen LogP contribution in [0.1, 0.15) is 30.6 Å². The number of nitrogens with two attached hydrogens (primary N) is 1. The van der Waals surface area contributed by atoms with Crippen molar-refractivity contribution in [1.82, 2.24) is 4.90 Å². The van der Waals surface area contributed by atoms with Gasteiger partial charge in [-0.3, -0.25) is 4.79 Å². The third-order valence-electron chi connectivity index (χ3n) is 3.56. The molecule has 5 nitrogen and oxygen atoms in total. The number of thiophene rings is 1. The standard InChI is InChI=1S/C12H18N2O3S2/c1-8(2)9-3-4-14(6-9)12(15)10-5-11(18-7-10)19(13,16)17/h5,7-9H,3-4,6H2,1-2H3,(H2,13,16,17). The Morgan fingerprint density at radius 2 is 2.21 bits per heavy atom. The van der Waals surface area contributed by atoms with Crippen LogP contribution in [0.4, 0.5) is 0 Å². The van der Waals surface area contributed by atoms with Crippen LogP contribution in [0.15, 0.2) is 15.7 Å². The molecule has 1 atom stereocenters. The van der Waals surface area contributed by atoms with Gasteiger partial charge in [0.05, 0.1) is 5.56 Å². The fraction of sp³-hybridized carbons (Fsp3) is 0.583. The monoisotopic (exact) mass is 302 g/mol. The quantitative estimate of drug-likeness (QED) is 0.919. The molecule has 0 aromatic carbocycles. The van der Waals surface area contributed by atoms with Crippen molar-refractivity contribution in [2.24, 2.45) is 17.0 Å². The number of rotatable bonds is 3. The Hall–Kier alpha value is -0.920. The second kappa shape index (κ2) is 5.22. The summed E-state index contributed by atoms with van der Waals surface area (Å²) in [6, 6.07) is 1.37. The molecule has 2 N–H and O–H groups in total. The predicted molar refractivity (Wildman–Crippen MR) is 74.5 cm³/mol. The lowest BCUT2D eigenvalue weighted by Crippen LogP contribution is -2.29. The van der Waals surface area contributed by atoms with Crippen molar-refractivity contribution in [1.29, 1.82) is 0 Å². The molecule has 19 heavy (non-hydrogen) atoms. The lowest BCUT2D eigenvalue weighted by molar-refractivity contribution is 0.0784. The predicted octanol–water partition coefficient (Wildman–Crippen LogP) is 1.51. The van der Waals surface area contributed by atoms with Crippen molar-refractivity contribution in [3.8, 4) is 0 Å². The van der Waals surface area contributed by atoms with E-state index in [1.54, 1.807) is 10.3 Å². The highest BCUT2D eigenvalue weighted by Gasteiger charge is 2.29. The van der Waals surface area contributed by atoms with Crippen molar-refractivity contribution in [2.45, 2.75) is 24.5 Å². The first-order valence-electron chi connectivity index (χ1n) is 6.19. The van der Waals surface area contributed by atoms with Gasteiger partial charge in [-0.15, -0.1) is 11.3 Å². The van der Waals surface area contributed by atoms with E-state index in [0.717, 1.165) is 30.8 Å². The van der Waals surface area contributed by atoms with E-state index in [1.807, 2.05) is 0 Å². The van der Waals surface area contributed by atoms with Crippen molar-refractivity contribution < 1.29 is 13.2 Å². The second-order valence-corrected chi connectivity index (χ2v) is 7.94. The van der Waals surface area contributed by atoms with Gasteiger partial charge in [-0.1, -0.05) is 13.8 Å². The zero-order valence-electron chi connectivity index (χ0n) is 11.0. The van der Waals surface area contributed by atoms with Crippen LogP contribution < -0.4 is 5.14 Å². The van der Waals surface area contributed by atoms with E-state index < -0.39 is 10.0 Å². The lowest BCUT2D eigenvalue weighted by atomic mass is 9.95. The first-order valence-corrected chi connectivity index (χ1v) is 8.62. The minimum Gasteiger partial charge on any atom is -0.338 e. The molecule has 0 aliphatic carbocycles. The number of carbonyl (C=O) groups excluding carboxylic acids is 1. The van der Waals surface area contributed by atoms with E-state index >= 15 is 0 Å². The Labute approximate surface area is 117 Å². The topological polar surface area (TPSA) is 80.5 Å². The van der Waals surface area contributed by atoms with Crippen molar-refractivity contribution >= 4 is 27.3 Å². The molecular weight excluding hydrogens is 284 g/mol. The van der Waals surface area contributed by atoms with Gasteiger partial charge in [-0.05, 0) is 24.3 Å². The molecule has 0 saturated carbocycles. The Morgan fingerprint density at radius 3 is 2.68 bits per heavy atom. The molecule has 0 bridgehead atoms. The zero-order chi connectivity index (χ0) is 14.2. The van der Waals surface area contributed by atoms with Crippen LogP contribution in [-0.2, 0) is 10.0 Å². The number of carbonyl (C=O) groups is 1. The average Bonchev–Trinajstić information content (AvgIpc) is 2.97. The molecule has 1 unspecified atom stereocenters. The molecule has 1 aliphatic heterocycles. The lowest BCUT2D eigenvalue weighted by Gasteiger charge is -2.17. The maximum absolute atomic E-state index is 12.3. The molecule has 1 amide bonds. The number of amides is 1. The van der Waals surface area contributed by atoms with Gasteiger partial charge in [0.25, 0.3) is 5.91 Å². The molecule has 1 aromatic heterocycles. The van der Waals surface area contributed by atoms with Gasteiger partial charge >= 0.3 is 0 Å². The van der Waals surface area contributed by atoms with Gasteiger partial charge in [0, 0.05) is 18.5 Å². The smallest absolute Gasteiger partial charge is 0.254 e. The maximum atomic E-state index is 12.3. The van der Waals surface area contributed by atoms with Crippen LogP contribution in [0.25, 0.3) is 0 Å². The van der Waals surface area contributed by atoms with Crippen LogP contribution in [-0.4, -0.2) is 32.3 Å². The van der Waals surface area contributed by atoms with E-state index in [9.17, 15) is 13.2 Å². The fourth-order valence-corrected chi connectivity index (χ4v) is 3.86. The highest BCUT2D eigenvalue weighted by Crippen LogP contribution is 2.26. The fourth-order valence-electron chi connectivity index (χ4n) is 2.28. The summed E-state index contributed by atoms with van der Waals surface area (Å²) >= 11 is 0.990. The van der Waals surface area contributed by atoms with Gasteiger partial charge < -0.3 is 4.90 Å². The molecule has 7 heteroatoms. The summed E-state index contributed by atoms with van der Waals surface area (Å²) < 4.78 is 22.4. The minimum absolute atomic E-state index is 0.0375. The molecule has 1 aromatic rings. The number of nitrogens with zero attached hydrogens (tertiary/aromatic N) is 1. The Morgan fingerprint density at radius 1 is 1.53 bits per heavy atom. The molecule has 1 aliphatic rings. The maximum Gasteiger partial charge on any atom is 0.254 e. The summed E-state index contributed by atoms with van der Waals surface area (Å²) in [4.78, 5) is 14.0. The van der Waals surface area contributed by atoms with Crippen LogP contribution in [0.3, 0.4) is 0 Å². The SMILES string of the molecule is CC(C)C1CCN(C(=O)c2csc(S(N)(=O)=O)c2)C1. The molecule has 1 saturated heterocycles. The summed E-state index contributed by atoms with van der Waals surface area (Å²) in [5.74, 6) is 0.981. The van der Waals surface area contributed by atoms with Crippen molar-refractivity contribution in [3.05, 3.63) is 17.0 Å². The van der Waals surface area contributed by atoms with Gasteiger partial charge in [0.1, 0.15) is 4.21 Å². The molecular formula is C12H18N2O3S2. The summed E-state index contributed by atoms with van der Waals surface area (Å²) in [5, 5.41) is 6.60. The molecule has 2 heterocycles. The van der Waals surface area contributed by atoms with Crippen LogP contribution in [0.5, 0.6) is 0 Å². The van der Waals surface area contributed by atoms with Gasteiger partial charge in [-0.25, -0.2) is 13.6 Å². The number of primary sulfonamides is 1. The van der Waals surface area contributed by atoms with Gasteiger partial charge in [0.15, 0.2) is 0 Å². The second-order valence-electron chi connectivity index (χ2n) is 5.24. The Bertz CT molecular complexity index is 578. The van der Waals surface area contributed by atoms with E-state index in [4.69, 9.17) is 5.14 Å². The molecule has 1 fully saturated rings. The summed E-state index contributed by atoms with van der Waals surface area (Å²) in [6.07, 6.45) is 1.01. The zero-order valence-corrected chi connectivity index (χ0v) is 12.6. The van der Waals surface area contributed by atoms with E-state index in [-0.39, 0.29) is 10.1 Å². The van der Waals surface area contributed by atoms with Crippen LogP contribution in [0.2, 0.25) is 0 Å². The number of likely N-dealkylation sites (tertiary alicyclic amines) is 1. The van der Waals surface area contributed by atoms with Gasteiger partial charge in [-0.2, -0.15) is 0 Å². The number of hydrogen-bond acceptors (Lipinski definition) is 4. The summed E-state index contributed by atoms with van der Waals surface area (Å²) in [7, 11) is -3.72. The first kappa shape index (κ1) is 14.5. The van der Waals surface area contributed by atoms with Crippen molar-refractivity contribution in [3.63, 3.8) is 0 Å². The highest BCUT2D eigenvalue weighted by molar-refractivity contribution is 7.91. The Balaban J connectivity index is 2.11. The average molecular weight is 302 g/mol. The van der Waals surface area contributed by atoms with E-state index in [2.05, 4.69) is 13.8 Å². The molecule has 0 radical (unpaired) electrons. The van der Waals surface area contributed by atoms with E-state index in [0.29, 0.717) is 17.4 Å². The first-order chi connectivity index (χ1) is 8.79. The third kappa shape index (κ3) is 3.16. The molecule has 2 rings (SSSR count). The highest BCUT2D eigenvalue weighted by atomic mass is 32.2. The molecule has 106 valence electrons. The van der Waals surface area contributed by atoms with Crippen molar-refractivity contribution in [2.75, 3.05) is 13.1 Å². The number of sulfonamides is 1. The summed E-state index contributed by atoms with van der Waals surface area (Å²) in [5.41, 5.74) is 0.415. The third-order valence-corrected chi connectivity index (χ3v) is 5.94. The van der Waals surface area contributed by atoms with Crippen LogP contribution >= 0.6 is 11.3 Å². The number of hydrogen-bond donors (Lipinski definition) is 1. The molecule has 0 spiro atoms. The Kier molecular flexibility index (Phi) is 3.98. The van der Waals surface area contributed by atoms with E-state index in [1.165, 1.54) is 6.07 Å². The van der Waals surface area contributed by atoms with Crippen LogP contribution in [0, 0.1) is 11.8 Å². The normalized spacial score (nSPS) is 20.2. The summed E-state index contributed by atoms with van der Waals surface area (Å²) in [6.45, 7) is 5.80. The largest absolute Gasteiger partial charge is 0.338 e. The van der Waals surface area contributed by atoms with Gasteiger partial charge in [0.2, 0.25) is 10.0 Å². The minimum atomic E-state index is -3.72.